The summed E-state index contributed by atoms with van der Waals surface area (Å²) in [5.41, 5.74) is 10.2. The second-order valence-electron chi connectivity index (χ2n) is 6.81. The van der Waals surface area contributed by atoms with Crippen molar-refractivity contribution in [1.29, 1.82) is 0 Å². The standard InChI is InChI=1S/C21H19N5OS/c27-20(17-12-22-25-19(17)15-4-2-1-3-5-15)23-16-8-6-14(7-9-16)18-13-26-10-11-28-21(26)24-18/h1-11,13,17,19,22,25H,12H2,(H,23,27). The van der Waals surface area contributed by atoms with Crippen molar-refractivity contribution in [1.82, 2.24) is 20.2 Å². The van der Waals surface area contributed by atoms with Crippen LogP contribution in [0.3, 0.4) is 0 Å². The van der Waals surface area contributed by atoms with Crippen LogP contribution < -0.4 is 16.2 Å². The molecule has 1 saturated heterocycles. The second kappa shape index (κ2) is 7.20. The minimum absolute atomic E-state index is 0.00149. The zero-order chi connectivity index (χ0) is 18.9. The van der Waals surface area contributed by atoms with Crippen LogP contribution in [0.5, 0.6) is 0 Å². The number of hydrogen-bond donors (Lipinski definition) is 3. The lowest BCUT2D eigenvalue weighted by molar-refractivity contribution is -0.119. The molecule has 2 atom stereocenters. The molecule has 1 aliphatic rings. The van der Waals surface area contributed by atoms with E-state index in [9.17, 15) is 4.79 Å². The first-order valence-electron chi connectivity index (χ1n) is 9.15. The van der Waals surface area contributed by atoms with Gasteiger partial charge in [0.15, 0.2) is 4.96 Å². The molecule has 3 N–H and O–H groups in total. The molecule has 2 unspecified atom stereocenters. The summed E-state index contributed by atoms with van der Waals surface area (Å²) in [6.07, 6.45) is 4.01. The molecule has 5 rings (SSSR count). The topological polar surface area (TPSA) is 70.5 Å². The summed E-state index contributed by atoms with van der Waals surface area (Å²) < 4.78 is 2.01. The summed E-state index contributed by atoms with van der Waals surface area (Å²) in [5.74, 6) is -0.177. The molecule has 3 heterocycles. The fourth-order valence-electron chi connectivity index (χ4n) is 3.54. The second-order valence-corrected chi connectivity index (χ2v) is 7.68. The number of imidazole rings is 1. The Morgan fingerprint density at radius 2 is 1.96 bits per heavy atom. The number of fused-ring (bicyclic) bond motifs is 1. The molecule has 1 aliphatic heterocycles. The molecule has 0 bridgehead atoms. The highest BCUT2D eigenvalue weighted by molar-refractivity contribution is 7.15. The lowest BCUT2D eigenvalue weighted by Gasteiger charge is -2.18. The van der Waals surface area contributed by atoms with Crippen molar-refractivity contribution in [3.05, 3.63) is 77.9 Å². The number of hydrazine groups is 1. The Kier molecular flexibility index (Phi) is 4.40. The van der Waals surface area contributed by atoms with Crippen LogP contribution in [0.25, 0.3) is 16.2 Å². The first-order chi connectivity index (χ1) is 13.8. The van der Waals surface area contributed by atoms with E-state index in [0.29, 0.717) is 6.54 Å². The number of hydrogen-bond acceptors (Lipinski definition) is 5. The van der Waals surface area contributed by atoms with E-state index in [4.69, 9.17) is 0 Å². The quantitative estimate of drug-likeness (QED) is 0.500. The Morgan fingerprint density at radius 3 is 2.75 bits per heavy atom. The third-order valence-corrected chi connectivity index (χ3v) is 5.79. The fraction of sp³-hybridized carbons (Fsp3) is 0.143. The summed E-state index contributed by atoms with van der Waals surface area (Å²) in [7, 11) is 0. The van der Waals surface area contributed by atoms with Crippen LogP contribution in [0.4, 0.5) is 5.69 Å². The number of aromatic nitrogens is 2. The largest absolute Gasteiger partial charge is 0.326 e. The molecule has 1 amide bonds. The number of benzene rings is 2. The highest BCUT2D eigenvalue weighted by Gasteiger charge is 2.33. The summed E-state index contributed by atoms with van der Waals surface area (Å²) in [6.45, 7) is 0.592. The number of carbonyl (C=O) groups excluding carboxylic acids is 1. The molecule has 2 aromatic heterocycles. The van der Waals surface area contributed by atoms with Gasteiger partial charge in [0.05, 0.1) is 17.7 Å². The number of thiazole rings is 1. The SMILES string of the molecule is O=C(Nc1ccc(-c2cn3ccsc3n2)cc1)C1CNNC1c1ccccc1. The highest BCUT2D eigenvalue weighted by atomic mass is 32.1. The molecule has 0 aliphatic carbocycles. The minimum Gasteiger partial charge on any atom is -0.326 e. The zero-order valence-electron chi connectivity index (χ0n) is 15.0. The van der Waals surface area contributed by atoms with E-state index in [-0.39, 0.29) is 17.9 Å². The first-order valence-corrected chi connectivity index (χ1v) is 10.0. The fourth-order valence-corrected chi connectivity index (χ4v) is 4.24. The molecule has 7 heteroatoms. The Morgan fingerprint density at radius 1 is 1.14 bits per heavy atom. The van der Waals surface area contributed by atoms with Crippen LogP contribution in [0.2, 0.25) is 0 Å². The predicted molar refractivity (Wildman–Crippen MR) is 111 cm³/mol. The van der Waals surface area contributed by atoms with Gasteiger partial charge in [-0.2, -0.15) is 0 Å². The summed E-state index contributed by atoms with van der Waals surface area (Å²) in [6, 6.07) is 17.8. The van der Waals surface area contributed by atoms with Crippen molar-refractivity contribution in [2.24, 2.45) is 5.92 Å². The molecule has 4 aromatic rings. The Labute approximate surface area is 166 Å². The van der Waals surface area contributed by atoms with Crippen LogP contribution >= 0.6 is 11.3 Å². The van der Waals surface area contributed by atoms with E-state index in [1.54, 1.807) is 11.3 Å². The van der Waals surface area contributed by atoms with Gasteiger partial charge in [-0.15, -0.1) is 11.3 Å². The van der Waals surface area contributed by atoms with Crippen molar-refractivity contribution in [2.75, 3.05) is 11.9 Å². The van der Waals surface area contributed by atoms with Crippen LogP contribution in [0, 0.1) is 5.92 Å². The molecule has 6 nitrogen and oxygen atoms in total. The molecule has 140 valence electrons. The predicted octanol–water partition coefficient (Wildman–Crippen LogP) is 3.47. The van der Waals surface area contributed by atoms with E-state index in [0.717, 1.165) is 27.5 Å². The van der Waals surface area contributed by atoms with Crippen molar-refractivity contribution in [3.63, 3.8) is 0 Å². The van der Waals surface area contributed by atoms with Gasteiger partial charge in [-0.25, -0.2) is 10.4 Å². The molecule has 2 aromatic carbocycles. The number of nitrogens with one attached hydrogen (secondary N) is 3. The van der Waals surface area contributed by atoms with Crippen LogP contribution in [0.15, 0.2) is 72.4 Å². The molecule has 0 saturated carbocycles. The van der Waals surface area contributed by atoms with Gasteiger partial charge in [0.1, 0.15) is 0 Å². The number of anilines is 1. The smallest absolute Gasteiger partial charge is 0.230 e. The summed E-state index contributed by atoms with van der Waals surface area (Å²) in [4.78, 5) is 18.4. The first kappa shape index (κ1) is 17.1. The lowest BCUT2D eigenvalue weighted by atomic mass is 9.94. The Hall–Kier alpha value is -3.00. The van der Waals surface area contributed by atoms with Gasteiger partial charge in [-0.1, -0.05) is 42.5 Å². The number of nitrogens with zero attached hydrogens (tertiary/aromatic N) is 2. The number of amides is 1. The Balaban J connectivity index is 1.30. The van der Waals surface area contributed by atoms with Gasteiger partial charge < -0.3 is 5.32 Å². The van der Waals surface area contributed by atoms with E-state index in [1.807, 2.05) is 76.8 Å². The monoisotopic (exact) mass is 389 g/mol. The van der Waals surface area contributed by atoms with Crippen molar-refractivity contribution < 1.29 is 4.79 Å². The van der Waals surface area contributed by atoms with Crippen molar-refractivity contribution >= 4 is 27.9 Å². The third-order valence-electron chi connectivity index (χ3n) is 5.02. The van der Waals surface area contributed by atoms with Gasteiger partial charge in [0.2, 0.25) is 5.91 Å². The van der Waals surface area contributed by atoms with Gasteiger partial charge in [-0.05, 0) is 17.7 Å². The van der Waals surface area contributed by atoms with Gasteiger partial charge in [-0.3, -0.25) is 14.6 Å². The van der Waals surface area contributed by atoms with Crippen LogP contribution in [0.1, 0.15) is 11.6 Å². The maximum Gasteiger partial charge on any atom is 0.230 e. The van der Waals surface area contributed by atoms with E-state index >= 15 is 0 Å². The summed E-state index contributed by atoms with van der Waals surface area (Å²) in [5, 5.41) is 5.06. The molecule has 1 fully saturated rings. The van der Waals surface area contributed by atoms with Crippen molar-refractivity contribution in [3.8, 4) is 11.3 Å². The molecule has 0 radical (unpaired) electrons. The van der Waals surface area contributed by atoms with Crippen LogP contribution in [-0.2, 0) is 4.79 Å². The maximum atomic E-state index is 12.8. The van der Waals surface area contributed by atoms with Crippen molar-refractivity contribution in [2.45, 2.75) is 6.04 Å². The average Bonchev–Trinajstić information content (AvgIpc) is 3.45. The van der Waals surface area contributed by atoms with Gasteiger partial charge >= 0.3 is 0 Å². The molecule has 0 spiro atoms. The minimum atomic E-state index is -0.179. The Bertz CT molecular complexity index is 1070. The summed E-state index contributed by atoms with van der Waals surface area (Å²) >= 11 is 1.61. The average molecular weight is 389 g/mol. The zero-order valence-corrected chi connectivity index (χ0v) is 15.8. The van der Waals surface area contributed by atoms with Gasteiger partial charge in [0.25, 0.3) is 0 Å². The van der Waals surface area contributed by atoms with E-state index < -0.39 is 0 Å². The molecular weight excluding hydrogens is 370 g/mol. The van der Waals surface area contributed by atoms with E-state index in [1.165, 1.54) is 0 Å². The maximum absolute atomic E-state index is 12.8. The van der Waals surface area contributed by atoms with Gasteiger partial charge in [0, 0.05) is 35.6 Å². The van der Waals surface area contributed by atoms with Crippen LogP contribution in [-0.4, -0.2) is 21.8 Å². The third kappa shape index (κ3) is 3.20. The number of rotatable bonds is 4. The highest BCUT2D eigenvalue weighted by Crippen LogP contribution is 2.27. The molecule has 28 heavy (non-hydrogen) atoms. The number of carbonyl (C=O) groups is 1. The molecular formula is C21H19N5OS. The lowest BCUT2D eigenvalue weighted by Crippen LogP contribution is -2.29. The van der Waals surface area contributed by atoms with E-state index in [2.05, 4.69) is 21.2 Å². The normalized spacial score (nSPS) is 19.1.